The summed E-state index contributed by atoms with van der Waals surface area (Å²) in [7, 11) is -3.70. The molecule has 2 amide bonds. The van der Waals surface area contributed by atoms with Gasteiger partial charge in [0.1, 0.15) is 5.82 Å². The van der Waals surface area contributed by atoms with Crippen molar-refractivity contribution >= 4 is 27.5 Å². The van der Waals surface area contributed by atoms with Crippen LogP contribution in [0.15, 0.2) is 41.3 Å². The predicted octanol–water partition coefficient (Wildman–Crippen LogP) is 3.44. The third-order valence-electron chi connectivity index (χ3n) is 5.84. The van der Waals surface area contributed by atoms with Crippen molar-refractivity contribution in [2.75, 3.05) is 18.4 Å². The lowest BCUT2D eigenvalue weighted by Gasteiger charge is -2.35. The van der Waals surface area contributed by atoms with Crippen molar-refractivity contribution in [2.24, 2.45) is 0 Å². The molecule has 1 unspecified atom stereocenters. The Morgan fingerprint density at radius 2 is 1.73 bits per heavy atom. The van der Waals surface area contributed by atoms with E-state index in [1.807, 2.05) is 19.1 Å². The molecule has 0 spiro atoms. The molecule has 1 heterocycles. The molecule has 2 aromatic carbocycles. The third-order valence-corrected chi connectivity index (χ3v) is 8.09. The fourth-order valence-corrected chi connectivity index (χ4v) is 6.58. The van der Waals surface area contributed by atoms with Gasteiger partial charge in [-0.3, -0.25) is 9.59 Å². The minimum absolute atomic E-state index is 0.0777. The van der Waals surface area contributed by atoms with E-state index in [1.165, 1.54) is 22.5 Å². The molecular formula is C24H30FN3O4S. The topological polar surface area (TPSA) is 95.6 Å². The molecule has 1 saturated heterocycles. The van der Waals surface area contributed by atoms with Gasteiger partial charge in [0.25, 0.3) is 0 Å². The fourth-order valence-electron chi connectivity index (χ4n) is 4.44. The van der Waals surface area contributed by atoms with Crippen molar-refractivity contribution in [3.05, 3.63) is 58.9 Å². The van der Waals surface area contributed by atoms with Crippen LogP contribution in [0.1, 0.15) is 42.4 Å². The van der Waals surface area contributed by atoms with Crippen LogP contribution in [0.3, 0.4) is 0 Å². The summed E-state index contributed by atoms with van der Waals surface area (Å²) in [6, 6.07) is 9.03. The van der Waals surface area contributed by atoms with Crippen LogP contribution in [0.25, 0.3) is 0 Å². The van der Waals surface area contributed by atoms with Gasteiger partial charge in [-0.25, -0.2) is 12.8 Å². The third kappa shape index (κ3) is 5.78. The Hall–Kier alpha value is -2.78. The highest BCUT2D eigenvalue weighted by molar-refractivity contribution is 7.89. The van der Waals surface area contributed by atoms with Gasteiger partial charge in [-0.15, -0.1) is 0 Å². The Labute approximate surface area is 194 Å². The first-order valence-electron chi connectivity index (χ1n) is 11.0. The van der Waals surface area contributed by atoms with E-state index in [9.17, 15) is 22.4 Å². The molecule has 1 aliphatic rings. The number of para-hydroxylation sites is 1. The summed E-state index contributed by atoms with van der Waals surface area (Å²) < 4.78 is 42.3. The van der Waals surface area contributed by atoms with Gasteiger partial charge < -0.3 is 10.6 Å². The van der Waals surface area contributed by atoms with Crippen LogP contribution >= 0.6 is 0 Å². The first-order chi connectivity index (χ1) is 15.6. The average molecular weight is 476 g/mol. The Bertz CT molecular complexity index is 1130. The number of nitrogens with zero attached hydrogens (tertiary/aromatic N) is 1. The maximum atomic E-state index is 13.7. The SMILES string of the molecule is Cc1cc(C)c(S(=O)(=O)N2CCCCC2CCNC(=O)C(=O)Nc2ccccc2F)c(C)c1. The normalized spacial score (nSPS) is 16.9. The number of sulfonamides is 1. The minimum atomic E-state index is -3.70. The first-order valence-corrected chi connectivity index (χ1v) is 12.5. The monoisotopic (exact) mass is 475 g/mol. The zero-order valence-corrected chi connectivity index (χ0v) is 20.0. The van der Waals surface area contributed by atoms with Gasteiger partial charge >= 0.3 is 11.8 Å². The Kier molecular flexibility index (Phi) is 7.86. The van der Waals surface area contributed by atoms with E-state index in [-0.39, 0.29) is 18.3 Å². The van der Waals surface area contributed by atoms with Crippen LogP contribution < -0.4 is 10.6 Å². The average Bonchev–Trinajstić information content (AvgIpc) is 2.74. The molecule has 0 bridgehead atoms. The Balaban J connectivity index is 1.65. The largest absolute Gasteiger partial charge is 0.348 e. The van der Waals surface area contributed by atoms with Gasteiger partial charge in [0.2, 0.25) is 10.0 Å². The van der Waals surface area contributed by atoms with Crippen molar-refractivity contribution in [1.29, 1.82) is 0 Å². The van der Waals surface area contributed by atoms with E-state index in [4.69, 9.17) is 0 Å². The maximum absolute atomic E-state index is 13.7. The Morgan fingerprint density at radius 3 is 2.39 bits per heavy atom. The molecular weight excluding hydrogens is 445 g/mol. The number of carbonyl (C=O) groups is 2. The number of nitrogens with one attached hydrogen (secondary N) is 2. The lowest BCUT2D eigenvalue weighted by molar-refractivity contribution is -0.136. The summed E-state index contributed by atoms with van der Waals surface area (Å²) in [5.74, 6) is -2.50. The van der Waals surface area contributed by atoms with E-state index >= 15 is 0 Å². The number of hydrogen-bond donors (Lipinski definition) is 2. The summed E-state index contributed by atoms with van der Waals surface area (Å²) in [5, 5.41) is 4.75. The molecule has 0 aliphatic carbocycles. The smallest absolute Gasteiger partial charge is 0.313 e. The highest BCUT2D eigenvalue weighted by Gasteiger charge is 2.35. The van der Waals surface area contributed by atoms with Crippen LogP contribution in [-0.4, -0.2) is 43.7 Å². The lowest BCUT2D eigenvalue weighted by atomic mass is 10.0. The molecule has 1 atom stereocenters. The number of hydrogen-bond acceptors (Lipinski definition) is 4. The molecule has 33 heavy (non-hydrogen) atoms. The van der Waals surface area contributed by atoms with Crippen LogP contribution in [0, 0.1) is 26.6 Å². The van der Waals surface area contributed by atoms with Crippen LogP contribution in [0.2, 0.25) is 0 Å². The number of rotatable bonds is 6. The van der Waals surface area contributed by atoms with Gasteiger partial charge in [0.15, 0.2) is 0 Å². The standard InChI is InChI=1S/C24H30FN3O4S/c1-16-14-17(2)22(18(3)15-16)33(31,32)28-13-7-6-8-19(28)11-12-26-23(29)24(30)27-21-10-5-4-9-20(21)25/h4-5,9-10,14-15,19H,6-8,11-13H2,1-3H3,(H,26,29)(H,27,30). The minimum Gasteiger partial charge on any atom is -0.348 e. The zero-order chi connectivity index (χ0) is 24.2. The van der Waals surface area contributed by atoms with Crippen LogP contribution in [0.4, 0.5) is 10.1 Å². The zero-order valence-electron chi connectivity index (χ0n) is 19.2. The molecule has 2 N–H and O–H groups in total. The second-order valence-corrected chi connectivity index (χ2v) is 10.3. The number of carbonyl (C=O) groups excluding carboxylic acids is 2. The molecule has 0 aromatic heterocycles. The summed E-state index contributed by atoms with van der Waals surface area (Å²) in [4.78, 5) is 24.5. The van der Waals surface area contributed by atoms with Crippen molar-refractivity contribution in [2.45, 2.75) is 57.4 Å². The highest BCUT2D eigenvalue weighted by atomic mass is 32.2. The molecule has 3 rings (SSSR count). The van der Waals surface area contributed by atoms with Gasteiger partial charge in [0.05, 0.1) is 10.6 Å². The van der Waals surface area contributed by atoms with Gasteiger partial charge in [-0.1, -0.05) is 36.2 Å². The number of benzene rings is 2. The van der Waals surface area contributed by atoms with Crippen molar-refractivity contribution < 1.29 is 22.4 Å². The number of aryl methyl sites for hydroxylation is 3. The summed E-state index contributed by atoms with van der Waals surface area (Å²) in [6.45, 7) is 6.10. The van der Waals surface area contributed by atoms with Crippen LogP contribution in [-0.2, 0) is 19.6 Å². The van der Waals surface area contributed by atoms with E-state index in [1.54, 1.807) is 19.9 Å². The molecule has 9 heteroatoms. The second kappa shape index (κ2) is 10.4. The summed E-state index contributed by atoms with van der Waals surface area (Å²) in [5.41, 5.74) is 2.37. The Morgan fingerprint density at radius 1 is 1.06 bits per heavy atom. The number of amides is 2. The fraction of sp³-hybridized carbons (Fsp3) is 0.417. The molecule has 178 valence electrons. The van der Waals surface area contributed by atoms with Crippen molar-refractivity contribution in [1.82, 2.24) is 9.62 Å². The van der Waals surface area contributed by atoms with E-state index in [2.05, 4.69) is 10.6 Å². The van der Waals surface area contributed by atoms with Crippen molar-refractivity contribution in [3.63, 3.8) is 0 Å². The quantitative estimate of drug-likeness (QED) is 0.626. The molecule has 1 fully saturated rings. The molecule has 0 radical (unpaired) electrons. The van der Waals surface area contributed by atoms with E-state index in [0.29, 0.717) is 24.3 Å². The lowest BCUT2D eigenvalue weighted by Crippen LogP contribution is -2.46. The highest BCUT2D eigenvalue weighted by Crippen LogP contribution is 2.31. The molecule has 1 aliphatic heterocycles. The maximum Gasteiger partial charge on any atom is 0.313 e. The number of anilines is 1. The van der Waals surface area contributed by atoms with Gasteiger partial charge in [-0.2, -0.15) is 4.31 Å². The van der Waals surface area contributed by atoms with E-state index < -0.39 is 27.7 Å². The van der Waals surface area contributed by atoms with Gasteiger partial charge in [0, 0.05) is 19.1 Å². The summed E-state index contributed by atoms with van der Waals surface area (Å²) >= 11 is 0. The van der Waals surface area contributed by atoms with Crippen LogP contribution in [0.5, 0.6) is 0 Å². The summed E-state index contributed by atoms with van der Waals surface area (Å²) in [6.07, 6.45) is 2.73. The molecule has 2 aromatic rings. The molecule has 0 saturated carbocycles. The number of halogens is 1. The van der Waals surface area contributed by atoms with Gasteiger partial charge in [-0.05, 0) is 63.3 Å². The number of piperidine rings is 1. The van der Waals surface area contributed by atoms with Crippen molar-refractivity contribution in [3.8, 4) is 0 Å². The predicted molar refractivity (Wildman–Crippen MR) is 125 cm³/mol. The molecule has 7 nitrogen and oxygen atoms in total. The second-order valence-electron chi connectivity index (χ2n) is 8.47. The van der Waals surface area contributed by atoms with E-state index in [0.717, 1.165) is 29.5 Å². The first kappa shape index (κ1) is 24.9.